The second-order valence-corrected chi connectivity index (χ2v) is 9.20. The molecule has 3 aromatic rings. The fraction of sp³-hybridized carbons (Fsp3) is 0.300. The molecule has 1 N–H and O–H groups in total. The van der Waals surface area contributed by atoms with Crippen LogP contribution in [0.4, 0.5) is 13.2 Å². The van der Waals surface area contributed by atoms with E-state index >= 15 is 0 Å². The van der Waals surface area contributed by atoms with Gasteiger partial charge in [-0.2, -0.15) is 13.2 Å². The Morgan fingerprint density at radius 3 is 1.77 bits per heavy atom. The van der Waals surface area contributed by atoms with Gasteiger partial charge in [-0.05, 0) is 53.9 Å². The zero-order chi connectivity index (χ0) is 19.1. The molecule has 0 aliphatic carbocycles. The third-order valence-electron chi connectivity index (χ3n) is 4.21. The van der Waals surface area contributed by atoms with Crippen molar-refractivity contribution < 1.29 is 17.4 Å². The van der Waals surface area contributed by atoms with Crippen molar-refractivity contribution in [1.29, 1.82) is 0 Å². The van der Waals surface area contributed by atoms with Crippen LogP contribution in [0.15, 0.2) is 54.6 Å². The molecule has 0 saturated carbocycles. The van der Waals surface area contributed by atoms with Crippen molar-refractivity contribution in [2.45, 2.75) is 37.7 Å². The van der Waals surface area contributed by atoms with Gasteiger partial charge in [0.15, 0.2) is 0 Å². The second-order valence-electron chi connectivity index (χ2n) is 7.21. The van der Waals surface area contributed by atoms with Crippen LogP contribution in [0.5, 0.6) is 0 Å². The largest absolute Gasteiger partial charge is 0.408 e. The number of fused-ring (bicyclic) bond motifs is 2. The van der Waals surface area contributed by atoms with E-state index in [9.17, 15) is 17.4 Å². The number of rotatable bonds is 3. The van der Waals surface area contributed by atoms with E-state index in [-0.39, 0.29) is 5.56 Å². The van der Waals surface area contributed by atoms with Crippen molar-refractivity contribution in [2.24, 2.45) is 0 Å². The SMILES string of the molecule is CC(C)(C)S(=O)N[C@H](c1c2ccccc2cc2ccccc12)C(F)(F)F. The van der Waals surface area contributed by atoms with E-state index in [1.165, 1.54) is 0 Å². The van der Waals surface area contributed by atoms with E-state index in [1.807, 2.05) is 6.07 Å². The summed E-state index contributed by atoms with van der Waals surface area (Å²) in [7, 11) is -1.87. The number of hydrogen-bond acceptors (Lipinski definition) is 1. The Labute approximate surface area is 153 Å². The summed E-state index contributed by atoms with van der Waals surface area (Å²) >= 11 is 0. The van der Waals surface area contributed by atoms with Crippen LogP contribution < -0.4 is 4.72 Å². The third-order valence-corrected chi connectivity index (χ3v) is 5.77. The van der Waals surface area contributed by atoms with Crippen molar-refractivity contribution in [3.63, 3.8) is 0 Å². The lowest BCUT2D eigenvalue weighted by atomic mass is 9.92. The minimum atomic E-state index is -4.59. The molecule has 138 valence electrons. The standard InChI is InChI=1S/C20H20F3NOS/c1-19(2,3)26(25)24-18(20(21,22)23)17-15-10-6-4-8-13(15)12-14-9-5-7-11-16(14)17/h4-12,18,24H,1-3H3/t18-,26?/m1/s1. The highest BCUT2D eigenvalue weighted by molar-refractivity contribution is 7.84. The summed E-state index contributed by atoms with van der Waals surface area (Å²) in [6.45, 7) is 4.93. The Morgan fingerprint density at radius 2 is 1.35 bits per heavy atom. The molecule has 0 saturated heterocycles. The molecule has 2 atom stereocenters. The first-order valence-electron chi connectivity index (χ1n) is 8.24. The number of hydrogen-bond donors (Lipinski definition) is 1. The zero-order valence-corrected chi connectivity index (χ0v) is 15.5. The highest BCUT2D eigenvalue weighted by atomic mass is 32.2. The first kappa shape index (κ1) is 18.9. The van der Waals surface area contributed by atoms with Crippen molar-refractivity contribution >= 4 is 32.5 Å². The van der Waals surface area contributed by atoms with Gasteiger partial charge in [0.05, 0.1) is 15.7 Å². The van der Waals surface area contributed by atoms with Crippen LogP contribution in [-0.2, 0) is 11.0 Å². The normalized spacial score (nSPS) is 15.3. The molecule has 1 unspecified atom stereocenters. The molecule has 3 aromatic carbocycles. The predicted octanol–water partition coefficient (Wildman–Crippen LogP) is 5.65. The Bertz CT molecular complexity index is 922. The lowest BCUT2D eigenvalue weighted by molar-refractivity contribution is -0.152. The lowest BCUT2D eigenvalue weighted by Crippen LogP contribution is -2.41. The molecule has 0 aromatic heterocycles. The smallest absolute Gasteiger partial charge is 0.242 e. The summed E-state index contributed by atoms with van der Waals surface area (Å²) in [5, 5.41) is 2.46. The fourth-order valence-electron chi connectivity index (χ4n) is 2.93. The number of benzene rings is 3. The summed E-state index contributed by atoms with van der Waals surface area (Å²) in [5.41, 5.74) is 0.115. The van der Waals surface area contributed by atoms with Crippen LogP contribution in [0.3, 0.4) is 0 Å². The first-order chi connectivity index (χ1) is 12.1. The Balaban J connectivity index is 2.31. The number of halogens is 3. The van der Waals surface area contributed by atoms with E-state index in [1.54, 1.807) is 69.3 Å². The maximum atomic E-state index is 14.0. The molecule has 6 heteroatoms. The molecule has 0 aliphatic rings. The molecule has 0 amide bonds. The van der Waals surface area contributed by atoms with Gasteiger partial charge in [0.1, 0.15) is 6.04 Å². The van der Waals surface area contributed by atoms with Crippen LogP contribution >= 0.6 is 0 Å². The van der Waals surface area contributed by atoms with E-state index in [4.69, 9.17) is 0 Å². The molecule has 2 nitrogen and oxygen atoms in total. The quantitative estimate of drug-likeness (QED) is 0.586. The van der Waals surface area contributed by atoms with Crippen molar-refractivity contribution in [3.05, 3.63) is 60.2 Å². The van der Waals surface area contributed by atoms with E-state index < -0.39 is 28.0 Å². The highest BCUT2D eigenvalue weighted by Crippen LogP contribution is 2.41. The van der Waals surface area contributed by atoms with Gasteiger partial charge >= 0.3 is 6.18 Å². The summed E-state index contributed by atoms with van der Waals surface area (Å²) in [6, 6.07) is 13.8. The summed E-state index contributed by atoms with van der Waals surface area (Å²) in [5.74, 6) is 0. The molecule has 0 fully saturated rings. The Morgan fingerprint density at radius 1 is 0.885 bits per heavy atom. The van der Waals surface area contributed by atoms with Crippen molar-refractivity contribution in [1.82, 2.24) is 4.72 Å². The van der Waals surface area contributed by atoms with Crippen LogP contribution in [0.25, 0.3) is 21.5 Å². The fourth-order valence-corrected chi connectivity index (χ4v) is 3.75. The minimum Gasteiger partial charge on any atom is -0.242 e. The number of alkyl halides is 3. The Kier molecular flexibility index (Phi) is 4.84. The first-order valence-corrected chi connectivity index (χ1v) is 9.39. The summed E-state index contributed by atoms with van der Waals surface area (Å²) in [4.78, 5) is 0. The molecule has 0 bridgehead atoms. The van der Waals surface area contributed by atoms with E-state index in [0.717, 1.165) is 10.8 Å². The molecular formula is C20H20F3NOS. The maximum absolute atomic E-state index is 14.0. The van der Waals surface area contributed by atoms with Crippen molar-refractivity contribution in [2.75, 3.05) is 0 Å². The molecule has 0 radical (unpaired) electrons. The minimum absolute atomic E-state index is 0.115. The summed E-state index contributed by atoms with van der Waals surface area (Å²) in [6.07, 6.45) is -4.59. The predicted molar refractivity (Wildman–Crippen MR) is 101 cm³/mol. The van der Waals surface area contributed by atoms with Gasteiger partial charge in [0.2, 0.25) is 0 Å². The second kappa shape index (κ2) is 6.67. The monoisotopic (exact) mass is 379 g/mol. The third kappa shape index (κ3) is 3.62. The molecule has 0 heterocycles. The van der Waals surface area contributed by atoms with Gasteiger partial charge in [0.25, 0.3) is 0 Å². The van der Waals surface area contributed by atoms with E-state index in [0.29, 0.717) is 10.8 Å². The van der Waals surface area contributed by atoms with Gasteiger partial charge in [-0.25, -0.2) is 8.93 Å². The molecule has 3 rings (SSSR count). The maximum Gasteiger partial charge on any atom is 0.408 e. The molecule has 26 heavy (non-hydrogen) atoms. The topological polar surface area (TPSA) is 29.1 Å². The lowest BCUT2D eigenvalue weighted by Gasteiger charge is -2.28. The molecule has 0 aliphatic heterocycles. The molecular weight excluding hydrogens is 359 g/mol. The van der Waals surface area contributed by atoms with Gasteiger partial charge in [-0.1, -0.05) is 48.5 Å². The van der Waals surface area contributed by atoms with E-state index in [2.05, 4.69) is 4.72 Å². The highest BCUT2D eigenvalue weighted by Gasteiger charge is 2.44. The van der Waals surface area contributed by atoms with Gasteiger partial charge in [0, 0.05) is 0 Å². The van der Waals surface area contributed by atoms with Crippen molar-refractivity contribution in [3.8, 4) is 0 Å². The van der Waals surface area contributed by atoms with Gasteiger partial charge < -0.3 is 0 Å². The Hall–Kier alpha value is -1.92. The van der Waals surface area contributed by atoms with Crippen LogP contribution in [0.2, 0.25) is 0 Å². The zero-order valence-electron chi connectivity index (χ0n) is 14.7. The van der Waals surface area contributed by atoms with Crippen LogP contribution in [-0.4, -0.2) is 15.1 Å². The van der Waals surface area contributed by atoms with Gasteiger partial charge in [-0.3, -0.25) is 0 Å². The summed E-state index contributed by atoms with van der Waals surface area (Å²) < 4.78 is 56.0. The van der Waals surface area contributed by atoms with Crippen LogP contribution in [0, 0.1) is 0 Å². The van der Waals surface area contributed by atoms with Crippen LogP contribution in [0.1, 0.15) is 32.4 Å². The average Bonchev–Trinajstić information content (AvgIpc) is 2.56. The molecule has 0 spiro atoms. The van der Waals surface area contributed by atoms with Gasteiger partial charge in [-0.15, -0.1) is 0 Å². The number of nitrogens with one attached hydrogen (secondary N) is 1. The average molecular weight is 379 g/mol.